The predicted octanol–water partition coefficient (Wildman–Crippen LogP) is 1.21. The zero-order chi connectivity index (χ0) is 21.6. The molecular weight excluding hydrogens is 395 g/mol. The van der Waals surface area contributed by atoms with E-state index >= 15 is 0 Å². The van der Waals surface area contributed by atoms with Crippen LogP contribution in [0.25, 0.3) is 0 Å². The molecule has 1 unspecified atom stereocenters. The summed E-state index contributed by atoms with van der Waals surface area (Å²) in [5, 5.41) is 10.2. The molecule has 168 valence electrons. The molecule has 0 aliphatic carbocycles. The van der Waals surface area contributed by atoms with E-state index in [0.29, 0.717) is 13.2 Å². The molecule has 1 aliphatic rings. The van der Waals surface area contributed by atoms with Gasteiger partial charge >= 0.3 is 7.82 Å². The van der Waals surface area contributed by atoms with Gasteiger partial charge in [0, 0.05) is 0 Å². The van der Waals surface area contributed by atoms with E-state index in [2.05, 4.69) is 4.52 Å². The third-order valence-electron chi connectivity index (χ3n) is 3.55. The molecule has 1 aliphatic heterocycles. The molecule has 3 N–H and O–H groups in total. The molecule has 11 heteroatoms. The van der Waals surface area contributed by atoms with Gasteiger partial charge in [-0.1, -0.05) is 0 Å². The van der Waals surface area contributed by atoms with Crippen molar-refractivity contribution in [3.05, 3.63) is 0 Å². The minimum atomic E-state index is -4.69. The Morgan fingerprint density at radius 3 is 1.75 bits per heavy atom. The van der Waals surface area contributed by atoms with E-state index < -0.39 is 39.0 Å². The Hall–Kier alpha value is -0.130. The van der Waals surface area contributed by atoms with Crippen LogP contribution in [-0.4, -0.2) is 83.7 Å². The van der Waals surface area contributed by atoms with Crippen LogP contribution >= 0.6 is 7.82 Å². The SMILES string of the molecule is CC(C)(C)OCCO[C@@H]1[C@@H](COP(=O)(O)O)OC(O)[C@@H]1OCCOC(C)(C)C. The van der Waals surface area contributed by atoms with Gasteiger partial charge in [0.2, 0.25) is 0 Å². The van der Waals surface area contributed by atoms with Gasteiger partial charge in [0.1, 0.15) is 18.3 Å². The number of aliphatic hydroxyl groups excluding tert-OH is 1. The highest BCUT2D eigenvalue weighted by Crippen LogP contribution is 2.37. The molecule has 4 atom stereocenters. The molecule has 28 heavy (non-hydrogen) atoms. The molecule has 10 nitrogen and oxygen atoms in total. The van der Waals surface area contributed by atoms with Gasteiger partial charge in [-0.15, -0.1) is 0 Å². The van der Waals surface area contributed by atoms with E-state index in [1.807, 2.05) is 41.5 Å². The summed E-state index contributed by atoms with van der Waals surface area (Å²) in [6, 6.07) is 0. The van der Waals surface area contributed by atoms with Crippen LogP contribution in [0, 0.1) is 0 Å². The van der Waals surface area contributed by atoms with Gasteiger partial charge in [0.15, 0.2) is 6.29 Å². The number of aliphatic hydroxyl groups is 1. The van der Waals surface area contributed by atoms with Crippen molar-refractivity contribution >= 4 is 7.82 Å². The lowest BCUT2D eigenvalue weighted by Crippen LogP contribution is -2.40. The lowest BCUT2D eigenvalue weighted by Gasteiger charge is -2.26. The number of hydrogen-bond donors (Lipinski definition) is 3. The zero-order valence-electron chi connectivity index (χ0n) is 17.5. The van der Waals surface area contributed by atoms with E-state index in [1.54, 1.807) is 0 Å². The molecular formula is C17H35O10P. The quantitative estimate of drug-likeness (QED) is 0.324. The average Bonchev–Trinajstić information content (AvgIpc) is 2.79. The molecule has 0 aromatic carbocycles. The summed E-state index contributed by atoms with van der Waals surface area (Å²) in [7, 11) is -4.69. The fraction of sp³-hybridized carbons (Fsp3) is 1.00. The molecule has 0 bridgehead atoms. The molecule has 0 saturated carbocycles. The molecule has 1 heterocycles. The molecule has 0 amide bonds. The van der Waals surface area contributed by atoms with E-state index in [9.17, 15) is 9.67 Å². The van der Waals surface area contributed by atoms with Gasteiger partial charge in [0.05, 0.1) is 44.2 Å². The highest BCUT2D eigenvalue weighted by Gasteiger charge is 2.46. The van der Waals surface area contributed by atoms with Gasteiger partial charge < -0.3 is 38.6 Å². The molecule has 1 rings (SSSR count). The van der Waals surface area contributed by atoms with E-state index in [4.69, 9.17) is 33.5 Å². The molecule has 0 aromatic rings. The van der Waals surface area contributed by atoms with Crippen molar-refractivity contribution in [1.29, 1.82) is 0 Å². The highest BCUT2D eigenvalue weighted by atomic mass is 31.2. The Kier molecular flexibility index (Phi) is 9.96. The first kappa shape index (κ1) is 25.9. The number of ether oxygens (including phenoxy) is 5. The molecule has 0 radical (unpaired) electrons. The largest absolute Gasteiger partial charge is 0.469 e. The molecule has 1 saturated heterocycles. The van der Waals surface area contributed by atoms with Crippen LogP contribution < -0.4 is 0 Å². The smallest absolute Gasteiger partial charge is 0.373 e. The third kappa shape index (κ3) is 11.2. The van der Waals surface area contributed by atoms with Crippen LogP contribution in [0.1, 0.15) is 41.5 Å². The minimum Gasteiger partial charge on any atom is -0.373 e. The van der Waals surface area contributed by atoms with Crippen LogP contribution in [0.5, 0.6) is 0 Å². The summed E-state index contributed by atoms with van der Waals surface area (Å²) in [5.41, 5.74) is -0.660. The summed E-state index contributed by atoms with van der Waals surface area (Å²) in [4.78, 5) is 17.8. The second-order valence-corrected chi connectivity index (χ2v) is 9.68. The second-order valence-electron chi connectivity index (χ2n) is 8.44. The number of rotatable bonds is 11. The fourth-order valence-electron chi connectivity index (χ4n) is 2.46. The van der Waals surface area contributed by atoms with E-state index in [0.717, 1.165) is 0 Å². The number of phosphoric ester groups is 1. The van der Waals surface area contributed by atoms with Gasteiger partial charge in [-0.05, 0) is 41.5 Å². The first-order valence-corrected chi connectivity index (χ1v) is 10.8. The van der Waals surface area contributed by atoms with E-state index in [1.165, 1.54) is 0 Å². The second kappa shape index (κ2) is 10.8. The van der Waals surface area contributed by atoms with Crippen LogP contribution in [0.15, 0.2) is 0 Å². The van der Waals surface area contributed by atoms with Crippen LogP contribution in [0.4, 0.5) is 0 Å². The maximum atomic E-state index is 11.0. The average molecular weight is 430 g/mol. The summed E-state index contributed by atoms with van der Waals surface area (Å²) >= 11 is 0. The monoisotopic (exact) mass is 430 g/mol. The first-order chi connectivity index (χ1) is 12.7. The Labute approximate surface area is 166 Å². The van der Waals surface area contributed by atoms with Crippen molar-refractivity contribution in [1.82, 2.24) is 0 Å². The Balaban J connectivity index is 2.64. The van der Waals surface area contributed by atoms with Gasteiger partial charge in [0.25, 0.3) is 0 Å². The maximum absolute atomic E-state index is 11.0. The summed E-state index contributed by atoms with van der Waals surface area (Å²) < 4.78 is 43.4. The van der Waals surface area contributed by atoms with Gasteiger partial charge in [-0.3, -0.25) is 4.52 Å². The standard InChI is InChI=1S/C17H35O10P/c1-16(2,3)24-9-7-22-13-12(11-26-28(19,20)21)27-15(18)14(13)23-8-10-25-17(4,5)6/h12-15,18H,7-11H2,1-6H3,(H2,19,20,21)/t12-,13-,14-,15?/m1/s1. The summed E-state index contributed by atoms with van der Waals surface area (Å²) in [6.45, 7) is 12.0. The lowest BCUT2D eigenvalue weighted by atomic mass is 10.1. The summed E-state index contributed by atoms with van der Waals surface area (Å²) in [5.74, 6) is 0. The third-order valence-corrected chi connectivity index (χ3v) is 4.04. The Bertz CT molecular complexity index is 495. The minimum absolute atomic E-state index is 0.183. The van der Waals surface area contributed by atoms with E-state index in [-0.39, 0.29) is 24.4 Å². The Morgan fingerprint density at radius 1 is 0.857 bits per heavy atom. The van der Waals surface area contributed by atoms with Crippen molar-refractivity contribution in [2.75, 3.05) is 33.0 Å². The maximum Gasteiger partial charge on any atom is 0.469 e. The Morgan fingerprint density at radius 2 is 1.32 bits per heavy atom. The predicted molar refractivity (Wildman–Crippen MR) is 99.8 cm³/mol. The van der Waals surface area contributed by atoms with Crippen LogP contribution in [0.3, 0.4) is 0 Å². The van der Waals surface area contributed by atoms with Crippen molar-refractivity contribution in [3.8, 4) is 0 Å². The zero-order valence-corrected chi connectivity index (χ0v) is 18.4. The number of phosphoric acid groups is 1. The normalized spacial score (nSPS) is 26.8. The number of hydrogen-bond acceptors (Lipinski definition) is 8. The summed E-state index contributed by atoms with van der Waals surface area (Å²) in [6.07, 6.45) is -3.89. The van der Waals surface area contributed by atoms with Crippen molar-refractivity contribution < 1.29 is 47.7 Å². The van der Waals surface area contributed by atoms with Crippen LogP contribution in [-0.2, 0) is 32.8 Å². The van der Waals surface area contributed by atoms with Crippen molar-refractivity contribution in [2.45, 2.75) is 77.3 Å². The van der Waals surface area contributed by atoms with Crippen molar-refractivity contribution in [2.24, 2.45) is 0 Å². The van der Waals surface area contributed by atoms with Crippen LogP contribution in [0.2, 0.25) is 0 Å². The van der Waals surface area contributed by atoms with Gasteiger partial charge in [-0.2, -0.15) is 0 Å². The fourth-order valence-corrected chi connectivity index (χ4v) is 2.80. The van der Waals surface area contributed by atoms with Gasteiger partial charge in [-0.25, -0.2) is 4.57 Å². The lowest BCUT2D eigenvalue weighted by molar-refractivity contribution is -0.155. The molecule has 0 aromatic heterocycles. The first-order valence-electron chi connectivity index (χ1n) is 9.23. The highest BCUT2D eigenvalue weighted by molar-refractivity contribution is 7.46. The van der Waals surface area contributed by atoms with Crippen molar-refractivity contribution in [3.63, 3.8) is 0 Å². The topological polar surface area (TPSA) is 133 Å². The molecule has 0 spiro atoms. The molecule has 1 fully saturated rings.